The lowest BCUT2D eigenvalue weighted by atomic mass is 9.93. The summed E-state index contributed by atoms with van der Waals surface area (Å²) in [4.78, 5) is 6.30. The highest BCUT2D eigenvalue weighted by Gasteiger charge is 2.33. The first-order valence-electron chi connectivity index (χ1n) is 7.83. The van der Waals surface area contributed by atoms with Crippen molar-refractivity contribution in [2.24, 2.45) is 5.92 Å². The second-order valence-electron chi connectivity index (χ2n) is 6.07. The number of anilines is 1. The van der Waals surface area contributed by atoms with E-state index >= 15 is 0 Å². The fourth-order valence-electron chi connectivity index (χ4n) is 3.28. The van der Waals surface area contributed by atoms with Gasteiger partial charge in [-0.05, 0) is 55.8 Å². The van der Waals surface area contributed by atoms with E-state index in [-0.39, 0.29) is 16.9 Å². The number of hydrogen-bond acceptors (Lipinski definition) is 4. The number of benzene rings is 1. The number of nitrogens with zero attached hydrogens (tertiary/aromatic N) is 3. The summed E-state index contributed by atoms with van der Waals surface area (Å²) in [6, 6.07) is 10.7. The predicted octanol–water partition coefficient (Wildman–Crippen LogP) is 3.85. The molecule has 0 saturated carbocycles. The second-order valence-corrected chi connectivity index (χ2v) is 6.48. The topological polar surface area (TPSA) is 52.0 Å². The maximum absolute atomic E-state index is 13.8. The van der Waals surface area contributed by atoms with Gasteiger partial charge in [-0.15, -0.1) is 0 Å². The van der Waals surface area contributed by atoms with Gasteiger partial charge in [0.15, 0.2) is 0 Å². The second kappa shape index (κ2) is 7.16. The Hall–Kier alpha value is -2.16. The van der Waals surface area contributed by atoms with Gasteiger partial charge < -0.3 is 5.32 Å². The molecule has 4 nitrogen and oxygen atoms in total. The van der Waals surface area contributed by atoms with E-state index in [2.05, 4.69) is 22.2 Å². The van der Waals surface area contributed by atoms with Gasteiger partial charge in [0.05, 0.1) is 16.9 Å². The standard InChI is InChI=1S/C18H18ClFN4/c1-24-7-6-13(10-22-15-4-3-14(9-21)23-11-15)18(24)12-2-5-16(19)17(20)8-12/h2-5,8,11,13,18,22H,6-7,10H2,1H3. The Bertz CT molecular complexity index is 757. The average molecular weight is 345 g/mol. The Labute approximate surface area is 145 Å². The van der Waals surface area contributed by atoms with Crippen LogP contribution in [0.2, 0.25) is 5.02 Å². The van der Waals surface area contributed by atoms with Crippen molar-refractivity contribution >= 4 is 17.3 Å². The summed E-state index contributed by atoms with van der Waals surface area (Å²) in [6.07, 6.45) is 2.69. The van der Waals surface area contributed by atoms with E-state index in [1.165, 1.54) is 6.07 Å². The van der Waals surface area contributed by atoms with Crippen LogP contribution in [-0.4, -0.2) is 30.0 Å². The number of likely N-dealkylation sites (tertiary alicyclic amines) is 1. The van der Waals surface area contributed by atoms with Crippen LogP contribution in [-0.2, 0) is 0 Å². The van der Waals surface area contributed by atoms with Gasteiger partial charge in [0.25, 0.3) is 0 Å². The lowest BCUT2D eigenvalue weighted by molar-refractivity contribution is 0.281. The maximum atomic E-state index is 13.8. The molecule has 0 radical (unpaired) electrons. The van der Waals surface area contributed by atoms with Gasteiger partial charge >= 0.3 is 0 Å². The molecular weight excluding hydrogens is 327 g/mol. The Morgan fingerprint density at radius 2 is 2.25 bits per heavy atom. The molecule has 2 atom stereocenters. The third-order valence-corrected chi connectivity index (χ3v) is 4.81. The van der Waals surface area contributed by atoms with Gasteiger partial charge in [0, 0.05) is 12.6 Å². The molecule has 1 aliphatic rings. The minimum Gasteiger partial charge on any atom is -0.383 e. The Morgan fingerprint density at radius 3 is 2.92 bits per heavy atom. The molecule has 6 heteroatoms. The van der Waals surface area contributed by atoms with Gasteiger partial charge in [-0.25, -0.2) is 9.37 Å². The average Bonchev–Trinajstić information content (AvgIpc) is 2.96. The van der Waals surface area contributed by atoms with Crippen molar-refractivity contribution in [3.8, 4) is 6.07 Å². The first-order chi connectivity index (χ1) is 11.6. The SMILES string of the molecule is CN1CCC(CNc2ccc(C#N)nc2)C1c1ccc(Cl)c(F)c1. The van der Waals surface area contributed by atoms with Crippen LogP contribution in [0.25, 0.3) is 0 Å². The molecule has 1 fully saturated rings. The monoisotopic (exact) mass is 344 g/mol. The maximum Gasteiger partial charge on any atom is 0.142 e. The van der Waals surface area contributed by atoms with Crippen molar-refractivity contribution in [3.63, 3.8) is 0 Å². The van der Waals surface area contributed by atoms with Crippen LogP contribution in [0.1, 0.15) is 23.7 Å². The summed E-state index contributed by atoms with van der Waals surface area (Å²) >= 11 is 5.80. The highest BCUT2D eigenvalue weighted by atomic mass is 35.5. The zero-order valence-electron chi connectivity index (χ0n) is 13.3. The van der Waals surface area contributed by atoms with Crippen LogP contribution in [0.3, 0.4) is 0 Å². The van der Waals surface area contributed by atoms with Crippen molar-refractivity contribution in [2.45, 2.75) is 12.5 Å². The lowest BCUT2D eigenvalue weighted by Crippen LogP contribution is -2.25. The van der Waals surface area contributed by atoms with Crippen molar-refractivity contribution in [1.82, 2.24) is 9.88 Å². The number of hydrogen-bond donors (Lipinski definition) is 1. The van der Waals surface area contributed by atoms with Crippen LogP contribution in [0.4, 0.5) is 10.1 Å². The molecule has 0 bridgehead atoms. The molecule has 3 rings (SSSR count). The number of pyridine rings is 1. The fraction of sp³-hybridized carbons (Fsp3) is 0.333. The third kappa shape index (κ3) is 3.50. The Morgan fingerprint density at radius 1 is 1.42 bits per heavy atom. The molecule has 2 unspecified atom stereocenters. The van der Waals surface area contributed by atoms with Gasteiger partial charge in [-0.3, -0.25) is 4.90 Å². The summed E-state index contributed by atoms with van der Waals surface area (Å²) in [6.45, 7) is 1.72. The van der Waals surface area contributed by atoms with E-state index < -0.39 is 0 Å². The molecule has 24 heavy (non-hydrogen) atoms. The predicted molar refractivity (Wildman–Crippen MR) is 92.3 cm³/mol. The molecule has 1 aromatic heterocycles. The van der Waals surface area contributed by atoms with E-state index in [1.807, 2.05) is 18.2 Å². The molecular formula is C18H18ClFN4. The summed E-state index contributed by atoms with van der Waals surface area (Å²) in [5, 5.41) is 12.3. The molecule has 2 heterocycles. The number of halogens is 2. The van der Waals surface area contributed by atoms with Crippen LogP contribution < -0.4 is 5.32 Å². The largest absolute Gasteiger partial charge is 0.383 e. The molecule has 1 saturated heterocycles. The highest BCUT2D eigenvalue weighted by molar-refractivity contribution is 6.30. The number of nitrogens with one attached hydrogen (secondary N) is 1. The Kier molecular flexibility index (Phi) is 4.98. The number of aromatic nitrogens is 1. The number of rotatable bonds is 4. The highest BCUT2D eigenvalue weighted by Crippen LogP contribution is 2.37. The molecule has 1 aromatic carbocycles. The van der Waals surface area contributed by atoms with Crippen LogP contribution in [0.15, 0.2) is 36.5 Å². The van der Waals surface area contributed by atoms with E-state index in [1.54, 1.807) is 18.3 Å². The third-order valence-electron chi connectivity index (χ3n) is 4.51. The van der Waals surface area contributed by atoms with Gasteiger partial charge in [0.2, 0.25) is 0 Å². The smallest absolute Gasteiger partial charge is 0.142 e. The molecule has 1 aliphatic heterocycles. The zero-order valence-corrected chi connectivity index (χ0v) is 14.1. The minimum absolute atomic E-state index is 0.149. The minimum atomic E-state index is -0.377. The Balaban J connectivity index is 1.71. The van der Waals surface area contributed by atoms with Crippen LogP contribution in [0.5, 0.6) is 0 Å². The van der Waals surface area contributed by atoms with Crippen molar-refractivity contribution in [2.75, 3.05) is 25.5 Å². The van der Waals surface area contributed by atoms with Gasteiger partial charge in [0.1, 0.15) is 17.6 Å². The van der Waals surface area contributed by atoms with Gasteiger partial charge in [-0.2, -0.15) is 5.26 Å². The van der Waals surface area contributed by atoms with Crippen LogP contribution in [0, 0.1) is 23.1 Å². The van der Waals surface area contributed by atoms with E-state index in [4.69, 9.17) is 16.9 Å². The summed E-state index contributed by atoms with van der Waals surface area (Å²) in [5.74, 6) is -0.0244. The molecule has 0 spiro atoms. The van der Waals surface area contributed by atoms with Gasteiger partial charge in [-0.1, -0.05) is 17.7 Å². The summed E-state index contributed by atoms with van der Waals surface area (Å²) in [7, 11) is 2.06. The van der Waals surface area contributed by atoms with Crippen molar-refractivity contribution < 1.29 is 4.39 Å². The molecule has 124 valence electrons. The summed E-state index contributed by atoms with van der Waals surface area (Å²) < 4.78 is 13.8. The van der Waals surface area contributed by atoms with E-state index in [0.717, 1.165) is 30.8 Å². The van der Waals surface area contributed by atoms with Crippen LogP contribution >= 0.6 is 11.6 Å². The molecule has 0 amide bonds. The number of nitriles is 1. The molecule has 1 N–H and O–H groups in total. The zero-order chi connectivity index (χ0) is 17.1. The summed E-state index contributed by atoms with van der Waals surface area (Å²) in [5.41, 5.74) is 2.22. The lowest BCUT2D eigenvalue weighted by Gasteiger charge is -2.26. The van der Waals surface area contributed by atoms with Crippen molar-refractivity contribution in [3.05, 3.63) is 58.6 Å². The molecule has 0 aliphatic carbocycles. The quantitative estimate of drug-likeness (QED) is 0.915. The first kappa shape index (κ1) is 16.7. The van der Waals surface area contributed by atoms with E-state index in [9.17, 15) is 4.39 Å². The van der Waals surface area contributed by atoms with E-state index in [0.29, 0.717) is 11.6 Å². The first-order valence-corrected chi connectivity index (χ1v) is 8.21. The van der Waals surface area contributed by atoms with Crippen molar-refractivity contribution in [1.29, 1.82) is 5.26 Å². The fourth-order valence-corrected chi connectivity index (χ4v) is 3.39. The normalized spacial score (nSPS) is 20.8. The molecule has 2 aromatic rings.